The lowest BCUT2D eigenvalue weighted by molar-refractivity contribution is 0.0216. The van der Waals surface area contributed by atoms with E-state index in [0.717, 1.165) is 41.8 Å². The summed E-state index contributed by atoms with van der Waals surface area (Å²) >= 11 is 0. The van der Waals surface area contributed by atoms with Crippen molar-refractivity contribution in [2.45, 2.75) is 52.7 Å². The van der Waals surface area contributed by atoms with Gasteiger partial charge in [0.2, 0.25) is 0 Å². The molecule has 0 N–H and O–H groups in total. The third kappa shape index (κ3) is 6.31. The molecule has 1 atom stereocenters. The first kappa shape index (κ1) is 22.3. The average Bonchev–Trinajstić information content (AvgIpc) is 3.27. The molecule has 3 rings (SSSR count). The number of aromatic nitrogens is 3. The Morgan fingerprint density at radius 3 is 2.77 bits per heavy atom. The van der Waals surface area contributed by atoms with E-state index in [1.807, 2.05) is 62.4 Å². The lowest BCUT2D eigenvalue weighted by atomic mass is 10.2. The van der Waals surface area contributed by atoms with Crippen LogP contribution in [0.15, 0.2) is 54.9 Å². The van der Waals surface area contributed by atoms with E-state index in [9.17, 15) is 4.79 Å². The molecular weight excluding hydrogens is 394 g/mol. The molecule has 2 aromatic carbocycles. The van der Waals surface area contributed by atoms with Gasteiger partial charge in [-0.05, 0) is 50.1 Å². The van der Waals surface area contributed by atoms with Crippen LogP contribution >= 0.6 is 0 Å². The van der Waals surface area contributed by atoms with Gasteiger partial charge in [-0.1, -0.05) is 44.0 Å². The van der Waals surface area contributed by atoms with Crippen LogP contribution in [-0.4, -0.2) is 33.6 Å². The Morgan fingerprint density at radius 1 is 1.13 bits per heavy atom. The summed E-state index contributed by atoms with van der Waals surface area (Å²) in [7, 11) is 0. The van der Waals surface area contributed by atoms with Crippen LogP contribution < -0.4 is 4.74 Å². The lowest BCUT2D eigenvalue weighted by Crippen LogP contribution is -2.16. The predicted molar refractivity (Wildman–Crippen MR) is 118 cm³/mol. The minimum absolute atomic E-state index is 0.122. The number of carbonyl (C=O) groups is 1. The van der Waals surface area contributed by atoms with Crippen molar-refractivity contribution in [3.8, 4) is 22.8 Å². The van der Waals surface area contributed by atoms with Crippen molar-refractivity contribution in [1.82, 2.24) is 14.8 Å². The zero-order valence-electron chi connectivity index (χ0n) is 18.3. The van der Waals surface area contributed by atoms with Crippen LogP contribution in [0.5, 0.6) is 5.75 Å². The van der Waals surface area contributed by atoms with Crippen molar-refractivity contribution in [2.24, 2.45) is 0 Å². The van der Waals surface area contributed by atoms with E-state index in [2.05, 4.69) is 17.0 Å². The van der Waals surface area contributed by atoms with Crippen LogP contribution in [0.25, 0.3) is 17.1 Å². The van der Waals surface area contributed by atoms with Gasteiger partial charge in [0.15, 0.2) is 5.82 Å². The number of ether oxygens (including phenoxy) is 3. The van der Waals surface area contributed by atoms with Gasteiger partial charge in [-0.25, -0.2) is 14.5 Å². The van der Waals surface area contributed by atoms with Gasteiger partial charge in [0.05, 0.1) is 12.3 Å². The summed E-state index contributed by atoms with van der Waals surface area (Å²) in [4.78, 5) is 16.4. The summed E-state index contributed by atoms with van der Waals surface area (Å²) in [6.45, 7) is 6.65. The molecule has 1 unspecified atom stereocenters. The average molecular weight is 424 g/mol. The topological polar surface area (TPSA) is 75.5 Å². The Morgan fingerprint density at radius 2 is 1.97 bits per heavy atom. The van der Waals surface area contributed by atoms with E-state index in [0.29, 0.717) is 12.4 Å². The molecule has 0 saturated heterocycles. The number of hydrogen-bond donors (Lipinski definition) is 0. The highest BCUT2D eigenvalue weighted by molar-refractivity contribution is 5.61. The van der Waals surface area contributed by atoms with Crippen LogP contribution in [0.1, 0.15) is 45.6 Å². The third-order valence-corrected chi connectivity index (χ3v) is 4.72. The Hall–Kier alpha value is -3.35. The van der Waals surface area contributed by atoms with Crippen molar-refractivity contribution in [2.75, 3.05) is 6.61 Å². The quantitative estimate of drug-likeness (QED) is 0.397. The molecule has 3 aromatic rings. The van der Waals surface area contributed by atoms with E-state index in [-0.39, 0.29) is 12.7 Å². The van der Waals surface area contributed by atoms with E-state index in [1.165, 1.54) is 6.33 Å². The number of unbranched alkanes of at least 4 members (excludes halogenated alkanes) is 1. The zero-order chi connectivity index (χ0) is 22.1. The number of rotatable bonds is 10. The van der Waals surface area contributed by atoms with E-state index in [4.69, 9.17) is 14.2 Å². The Balaban J connectivity index is 1.69. The minimum atomic E-state index is -0.650. The fraction of sp³-hybridized carbons (Fsp3) is 0.375. The number of carbonyl (C=O) groups excluding carboxylic acids is 1. The first-order valence-corrected chi connectivity index (χ1v) is 10.7. The predicted octanol–water partition coefficient (Wildman–Crippen LogP) is 5.56. The standard InChI is InChI=1S/C24H29N3O4/c1-4-6-9-18(3)31-24(28)30-16-19-10-7-12-21(14-19)27-23(25-17-26-27)20-11-8-13-22(15-20)29-5-2/h7-8,10-15,17-18H,4-6,9,16H2,1-3H3. The molecule has 0 aliphatic carbocycles. The van der Waals surface area contributed by atoms with Crippen LogP contribution in [0, 0.1) is 0 Å². The largest absolute Gasteiger partial charge is 0.508 e. The summed E-state index contributed by atoms with van der Waals surface area (Å²) in [5.74, 6) is 1.48. The van der Waals surface area contributed by atoms with Crippen LogP contribution in [0.2, 0.25) is 0 Å². The Labute approximate surface area is 183 Å². The van der Waals surface area contributed by atoms with E-state index in [1.54, 1.807) is 4.68 Å². The molecule has 0 amide bonds. The maximum atomic E-state index is 11.9. The molecule has 1 heterocycles. The summed E-state index contributed by atoms with van der Waals surface area (Å²) in [6.07, 6.45) is 3.63. The SMILES string of the molecule is CCCCC(C)OC(=O)OCc1cccc(-n2ncnc2-c2cccc(OCC)c2)c1. The third-order valence-electron chi connectivity index (χ3n) is 4.72. The highest BCUT2D eigenvalue weighted by Crippen LogP contribution is 2.24. The number of nitrogens with zero attached hydrogens (tertiary/aromatic N) is 3. The van der Waals surface area contributed by atoms with Gasteiger partial charge in [0.1, 0.15) is 24.8 Å². The molecule has 1 aromatic heterocycles. The van der Waals surface area contributed by atoms with Crippen LogP contribution in [0.4, 0.5) is 4.79 Å². The molecule has 0 radical (unpaired) electrons. The molecular formula is C24H29N3O4. The second kappa shape index (κ2) is 11.2. The molecule has 0 aliphatic heterocycles. The highest BCUT2D eigenvalue weighted by atomic mass is 16.7. The van der Waals surface area contributed by atoms with Gasteiger partial charge in [0, 0.05) is 5.56 Å². The second-order valence-electron chi connectivity index (χ2n) is 7.24. The molecule has 0 aliphatic rings. The van der Waals surface area contributed by atoms with Gasteiger partial charge in [-0.15, -0.1) is 0 Å². The normalized spacial score (nSPS) is 11.7. The van der Waals surface area contributed by atoms with Crippen molar-refractivity contribution in [3.05, 3.63) is 60.4 Å². The van der Waals surface area contributed by atoms with Crippen molar-refractivity contribution >= 4 is 6.16 Å². The van der Waals surface area contributed by atoms with Crippen LogP contribution in [-0.2, 0) is 16.1 Å². The zero-order valence-corrected chi connectivity index (χ0v) is 18.3. The maximum Gasteiger partial charge on any atom is 0.508 e. The molecule has 7 heteroatoms. The van der Waals surface area contributed by atoms with Crippen molar-refractivity contribution in [1.29, 1.82) is 0 Å². The van der Waals surface area contributed by atoms with E-state index >= 15 is 0 Å². The van der Waals surface area contributed by atoms with Crippen molar-refractivity contribution < 1.29 is 19.0 Å². The number of hydrogen-bond acceptors (Lipinski definition) is 6. The molecule has 0 spiro atoms. The smallest absolute Gasteiger partial charge is 0.494 e. The Kier molecular flexibility index (Phi) is 8.04. The Bertz CT molecular complexity index is 986. The summed E-state index contributed by atoms with van der Waals surface area (Å²) in [6, 6.07) is 15.4. The first-order valence-electron chi connectivity index (χ1n) is 10.7. The monoisotopic (exact) mass is 423 g/mol. The fourth-order valence-electron chi connectivity index (χ4n) is 3.19. The second-order valence-corrected chi connectivity index (χ2v) is 7.24. The first-order chi connectivity index (χ1) is 15.1. The van der Waals surface area contributed by atoms with Gasteiger partial charge < -0.3 is 14.2 Å². The lowest BCUT2D eigenvalue weighted by Gasteiger charge is -2.13. The molecule has 7 nitrogen and oxygen atoms in total. The highest BCUT2D eigenvalue weighted by Gasteiger charge is 2.13. The minimum Gasteiger partial charge on any atom is -0.494 e. The summed E-state index contributed by atoms with van der Waals surface area (Å²) in [5.41, 5.74) is 2.55. The molecule has 0 bridgehead atoms. The molecule has 164 valence electrons. The van der Waals surface area contributed by atoms with Crippen molar-refractivity contribution in [3.63, 3.8) is 0 Å². The molecule has 0 fully saturated rings. The maximum absolute atomic E-state index is 11.9. The van der Waals surface area contributed by atoms with Gasteiger partial charge in [0.25, 0.3) is 0 Å². The number of benzene rings is 2. The van der Waals surface area contributed by atoms with Crippen LogP contribution in [0.3, 0.4) is 0 Å². The summed E-state index contributed by atoms with van der Waals surface area (Å²) < 4.78 is 17.9. The van der Waals surface area contributed by atoms with Gasteiger partial charge >= 0.3 is 6.16 Å². The summed E-state index contributed by atoms with van der Waals surface area (Å²) in [5, 5.41) is 4.38. The van der Waals surface area contributed by atoms with E-state index < -0.39 is 6.16 Å². The molecule has 0 saturated carbocycles. The van der Waals surface area contributed by atoms with Gasteiger partial charge in [-0.3, -0.25) is 0 Å². The molecule has 31 heavy (non-hydrogen) atoms. The fourth-order valence-corrected chi connectivity index (χ4v) is 3.19. The van der Waals surface area contributed by atoms with Gasteiger partial charge in [-0.2, -0.15) is 5.10 Å².